The van der Waals surface area contributed by atoms with Gasteiger partial charge in [-0.1, -0.05) is 46.3 Å². The van der Waals surface area contributed by atoms with Crippen molar-refractivity contribution in [2.45, 2.75) is 23.7 Å². The van der Waals surface area contributed by atoms with Crippen LogP contribution in [0.2, 0.25) is 0 Å². The summed E-state index contributed by atoms with van der Waals surface area (Å²) in [4.78, 5) is 1.18. The first kappa shape index (κ1) is 13.7. The molecule has 1 nitrogen and oxygen atoms in total. The Kier molecular flexibility index (Phi) is 4.87. The van der Waals surface area contributed by atoms with Crippen molar-refractivity contribution < 1.29 is 5.11 Å². The molecule has 0 spiro atoms. The molecule has 2 rings (SSSR count). The van der Waals surface area contributed by atoms with Gasteiger partial charge in [-0.05, 0) is 36.2 Å². The van der Waals surface area contributed by atoms with Crippen LogP contribution < -0.4 is 0 Å². The van der Waals surface area contributed by atoms with Gasteiger partial charge in [-0.15, -0.1) is 11.8 Å². The Hall–Kier alpha value is -0.770. The molecule has 2 aromatic rings. The second kappa shape index (κ2) is 6.41. The van der Waals surface area contributed by atoms with Gasteiger partial charge in [0, 0.05) is 15.1 Å². The Morgan fingerprint density at radius 1 is 1.17 bits per heavy atom. The van der Waals surface area contributed by atoms with Crippen LogP contribution in [0, 0.1) is 0 Å². The number of benzene rings is 2. The molecule has 1 N–H and O–H groups in total. The van der Waals surface area contributed by atoms with Gasteiger partial charge >= 0.3 is 0 Å². The summed E-state index contributed by atoms with van der Waals surface area (Å²) in [5, 5.41) is 9.56. The molecule has 2 aromatic carbocycles. The Balaban J connectivity index is 2.07. The summed E-state index contributed by atoms with van der Waals surface area (Å²) in [5.41, 5.74) is 2.25. The monoisotopic (exact) mass is 322 g/mol. The van der Waals surface area contributed by atoms with Crippen LogP contribution in [0.15, 0.2) is 57.9 Å². The van der Waals surface area contributed by atoms with Crippen LogP contribution in [0.25, 0.3) is 0 Å². The molecule has 94 valence electrons. The first-order chi connectivity index (χ1) is 8.66. The maximum Gasteiger partial charge on any atom is 0.0762 e. The summed E-state index contributed by atoms with van der Waals surface area (Å²) in [6.45, 7) is 1.79. The third kappa shape index (κ3) is 3.61. The topological polar surface area (TPSA) is 20.2 Å². The summed E-state index contributed by atoms with van der Waals surface area (Å²) >= 11 is 5.33. The zero-order chi connectivity index (χ0) is 13.0. The van der Waals surface area contributed by atoms with Crippen LogP contribution >= 0.6 is 27.7 Å². The molecule has 1 unspecified atom stereocenters. The van der Waals surface area contributed by atoms with Crippen molar-refractivity contribution in [1.82, 2.24) is 0 Å². The predicted octanol–water partition coefficient (Wildman–Crippen LogP) is 4.79. The normalized spacial score (nSPS) is 12.4. The quantitative estimate of drug-likeness (QED) is 0.816. The molecule has 0 radical (unpaired) electrons. The molecule has 1 atom stereocenters. The number of rotatable bonds is 4. The maximum absolute atomic E-state index is 9.56. The molecule has 0 saturated carbocycles. The van der Waals surface area contributed by atoms with E-state index >= 15 is 0 Å². The molecule has 0 fully saturated rings. The third-order valence-corrected chi connectivity index (χ3v) is 4.51. The minimum atomic E-state index is -0.408. The smallest absolute Gasteiger partial charge is 0.0762 e. The van der Waals surface area contributed by atoms with Crippen molar-refractivity contribution in [3.05, 3.63) is 64.1 Å². The number of halogens is 1. The van der Waals surface area contributed by atoms with Gasteiger partial charge in [0.05, 0.1) is 6.10 Å². The second-order valence-corrected chi connectivity index (χ2v) is 6.03. The Morgan fingerprint density at radius 2 is 1.94 bits per heavy atom. The number of aliphatic hydroxyl groups excluding tert-OH is 1. The van der Waals surface area contributed by atoms with Crippen LogP contribution in [-0.4, -0.2) is 5.11 Å². The van der Waals surface area contributed by atoms with Gasteiger partial charge in [0.15, 0.2) is 0 Å². The van der Waals surface area contributed by atoms with E-state index < -0.39 is 6.10 Å². The minimum Gasteiger partial charge on any atom is -0.389 e. The number of hydrogen-bond acceptors (Lipinski definition) is 2. The molecule has 0 saturated heterocycles. The Labute approximate surface area is 120 Å². The fourth-order valence-electron chi connectivity index (χ4n) is 1.64. The van der Waals surface area contributed by atoms with Crippen molar-refractivity contribution >= 4 is 27.7 Å². The molecule has 0 aliphatic rings. The molecule has 0 amide bonds. The van der Waals surface area contributed by atoms with Crippen molar-refractivity contribution in [3.63, 3.8) is 0 Å². The fourth-order valence-corrected chi connectivity index (χ4v) is 3.22. The number of aliphatic hydroxyl groups is 1. The maximum atomic E-state index is 9.56. The lowest BCUT2D eigenvalue weighted by Crippen LogP contribution is -1.90. The van der Waals surface area contributed by atoms with E-state index in [0.717, 1.165) is 15.8 Å². The van der Waals surface area contributed by atoms with Crippen molar-refractivity contribution in [2.75, 3.05) is 0 Å². The van der Waals surface area contributed by atoms with E-state index in [9.17, 15) is 5.11 Å². The van der Waals surface area contributed by atoms with Crippen LogP contribution in [0.4, 0.5) is 0 Å². The van der Waals surface area contributed by atoms with E-state index in [1.54, 1.807) is 18.7 Å². The standard InChI is InChI=1S/C15H15BrOS/c1-11(17)12-6-4-7-14(9-12)18-10-13-5-2-3-8-15(13)16/h2-9,11,17H,10H2,1H3. The van der Waals surface area contributed by atoms with Crippen molar-refractivity contribution in [3.8, 4) is 0 Å². The summed E-state index contributed by atoms with van der Waals surface area (Å²) in [6, 6.07) is 16.3. The molecule has 18 heavy (non-hydrogen) atoms. The highest BCUT2D eigenvalue weighted by Crippen LogP contribution is 2.28. The molecule has 3 heteroatoms. The van der Waals surface area contributed by atoms with Crippen LogP contribution in [0.3, 0.4) is 0 Å². The van der Waals surface area contributed by atoms with E-state index in [1.165, 1.54) is 10.5 Å². The van der Waals surface area contributed by atoms with Gasteiger partial charge in [-0.2, -0.15) is 0 Å². The molecular formula is C15H15BrOS. The number of hydrogen-bond donors (Lipinski definition) is 1. The fraction of sp³-hybridized carbons (Fsp3) is 0.200. The Bertz CT molecular complexity index is 525. The van der Waals surface area contributed by atoms with Gasteiger partial charge in [0.1, 0.15) is 0 Å². The first-order valence-electron chi connectivity index (χ1n) is 5.81. The molecule has 0 aromatic heterocycles. The zero-order valence-electron chi connectivity index (χ0n) is 10.1. The molecular weight excluding hydrogens is 308 g/mol. The lowest BCUT2D eigenvalue weighted by atomic mass is 10.1. The lowest BCUT2D eigenvalue weighted by Gasteiger charge is -2.08. The predicted molar refractivity (Wildman–Crippen MR) is 80.8 cm³/mol. The minimum absolute atomic E-state index is 0.408. The van der Waals surface area contributed by atoms with Gasteiger partial charge in [-0.25, -0.2) is 0 Å². The molecule has 0 heterocycles. The highest BCUT2D eigenvalue weighted by atomic mass is 79.9. The van der Waals surface area contributed by atoms with Gasteiger partial charge in [0.2, 0.25) is 0 Å². The number of thioether (sulfide) groups is 1. The van der Waals surface area contributed by atoms with Gasteiger partial charge < -0.3 is 5.11 Å². The second-order valence-electron chi connectivity index (χ2n) is 4.13. The highest BCUT2D eigenvalue weighted by molar-refractivity contribution is 9.10. The summed E-state index contributed by atoms with van der Waals surface area (Å²) in [6.07, 6.45) is -0.408. The van der Waals surface area contributed by atoms with E-state index in [4.69, 9.17) is 0 Å². The van der Waals surface area contributed by atoms with Gasteiger partial charge in [-0.3, -0.25) is 0 Å². The van der Waals surface area contributed by atoms with Crippen molar-refractivity contribution in [2.24, 2.45) is 0 Å². The molecule has 0 aliphatic carbocycles. The molecule has 0 bridgehead atoms. The first-order valence-corrected chi connectivity index (χ1v) is 7.59. The van der Waals surface area contributed by atoms with E-state index in [0.29, 0.717) is 0 Å². The zero-order valence-corrected chi connectivity index (χ0v) is 12.5. The third-order valence-electron chi connectivity index (χ3n) is 2.69. The largest absolute Gasteiger partial charge is 0.389 e. The SMILES string of the molecule is CC(O)c1cccc(SCc2ccccc2Br)c1. The average molecular weight is 323 g/mol. The average Bonchev–Trinajstić information content (AvgIpc) is 2.38. The summed E-state index contributed by atoms with van der Waals surface area (Å²) < 4.78 is 1.14. The highest BCUT2D eigenvalue weighted by Gasteiger charge is 2.03. The lowest BCUT2D eigenvalue weighted by molar-refractivity contribution is 0.199. The van der Waals surface area contributed by atoms with E-state index in [-0.39, 0.29) is 0 Å². The summed E-state index contributed by atoms with van der Waals surface area (Å²) in [7, 11) is 0. The Morgan fingerprint density at radius 3 is 2.67 bits per heavy atom. The van der Waals surface area contributed by atoms with Crippen LogP contribution in [0.1, 0.15) is 24.2 Å². The van der Waals surface area contributed by atoms with E-state index in [2.05, 4.69) is 34.1 Å². The van der Waals surface area contributed by atoms with Gasteiger partial charge in [0.25, 0.3) is 0 Å². The van der Waals surface area contributed by atoms with Crippen LogP contribution in [0.5, 0.6) is 0 Å². The van der Waals surface area contributed by atoms with Crippen molar-refractivity contribution in [1.29, 1.82) is 0 Å². The van der Waals surface area contributed by atoms with E-state index in [1.807, 2.05) is 30.3 Å². The van der Waals surface area contributed by atoms with Crippen LogP contribution in [-0.2, 0) is 5.75 Å². The molecule has 0 aliphatic heterocycles. The summed E-state index contributed by atoms with van der Waals surface area (Å²) in [5.74, 6) is 0.921.